The average Bonchev–Trinajstić information content (AvgIpc) is 2.45. The van der Waals surface area contributed by atoms with Crippen molar-refractivity contribution in [2.45, 2.75) is 32.4 Å². The summed E-state index contributed by atoms with van der Waals surface area (Å²) in [6, 6.07) is 14.4. The van der Waals surface area contributed by atoms with Crippen LogP contribution < -0.4 is 5.32 Å². The fourth-order valence-electron chi connectivity index (χ4n) is 2.39. The molecule has 0 saturated carbocycles. The Hall–Kier alpha value is -0.540. The van der Waals surface area contributed by atoms with Gasteiger partial charge in [-0.3, -0.25) is 0 Å². The smallest absolute Gasteiger partial charge is 0.0464 e. The zero-order valence-corrected chi connectivity index (χ0v) is 15.1. The molecule has 0 aromatic heterocycles. The van der Waals surface area contributed by atoms with Crippen molar-refractivity contribution in [3.8, 4) is 0 Å². The van der Waals surface area contributed by atoms with Gasteiger partial charge in [0, 0.05) is 26.6 Å². The number of halogens is 3. The normalized spacial score (nSPS) is 14.0. The van der Waals surface area contributed by atoms with Crippen LogP contribution in [0.1, 0.15) is 43.5 Å². The van der Waals surface area contributed by atoms with Crippen LogP contribution in [0.15, 0.2) is 46.9 Å². The largest absolute Gasteiger partial charge is 0.303 e. The molecule has 0 aliphatic rings. The Kier molecular flexibility index (Phi) is 6.12. The molecule has 2 atom stereocenters. The fourth-order valence-corrected chi connectivity index (χ4v) is 3.35. The van der Waals surface area contributed by atoms with Gasteiger partial charge in [0.05, 0.1) is 0 Å². The van der Waals surface area contributed by atoms with Crippen molar-refractivity contribution in [2.75, 3.05) is 0 Å². The third-order valence-corrected chi connectivity index (χ3v) is 4.63. The van der Waals surface area contributed by atoms with Gasteiger partial charge >= 0.3 is 0 Å². The molecule has 0 aliphatic carbocycles. The Labute approximate surface area is 144 Å². The van der Waals surface area contributed by atoms with E-state index in [1.54, 1.807) is 0 Å². The number of hydrogen-bond acceptors (Lipinski definition) is 1. The van der Waals surface area contributed by atoms with Gasteiger partial charge in [0.1, 0.15) is 0 Å². The van der Waals surface area contributed by atoms with Crippen molar-refractivity contribution in [3.63, 3.8) is 0 Å². The SMILES string of the molecule is CCC(NC(C)c1ccc(Br)cc1Cl)c1ccc(Cl)cc1. The quantitative estimate of drug-likeness (QED) is 0.613. The second kappa shape index (κ2) is 7.64. The van der Waals surface area contributed by atoms with Gasteiger partial charge in [0.15, 0.2) is 0 Å². The standard InChI is InChI=1S/C17H18BrCl2N/c1-3-17(12-4-7-14(19)8-5-12)21-11(2)15-9-6-13(18)10-16(15)20/h4-11,17,21H,3H2,1-2H3. The first-order valence-corrected chi connectivity index (χ1v) is 8.52. The molecule has 1 N–H and O–H groups in total. The molecule has 2 aromatic carbocycles. The maximum Gasteiger partial charge on any atom is 0.0464 e. The van der Waals surface area contributed by atoms with E-state index in [0.29, 0.717) is 0 Å². The van der Waals surface area contributed by atoms with Crippen LogP contribution in [-0.4, -0.2) is 0 Å². The van der Waals surface area contributed by atoms with Crippen molar-refractivity contribution >= 4 is 39.1 Å². The number of nitrogens with one attached hydrogen (secondary N) is 1. The predicted molar refractivity (Wildman–Crippen MR) is 95.2 cm³/mol. The first-order chi connectivity index (χ1) is 10.0. The fraction of sp³-hybridized carbons (Fsp3) is 0.294. The van der Waals surface area contributed by atoms with Gasteiger partial charge in [0.25, 0.3) is 0 Å². The number of rotatable bonds is 5. The lowest BCUT2D eigenvalue weighted by atomic mass is 10.0. The van der Waals surface area contributed by atoms with Gasteiger partial charge in [-0.05, 0) is 48.7 Å². The van der Waals surface area contributed by atoms with Crippen LogP contribution in [0.4, 0.5) is 0 Å². The van der Waals surface area contributed by atoms with Gasteiger partial charge in [-0.2, -0.15) is 0 Å². The van der Waals surface area contributed by atoms with E-state index >= 15 is 0 Å². The van der Waals surface area contributed by atoms with E-state index in [1.165, 1.54) is 5.56 Å². The molecule has 0 saturated heterocycles. The summed E-state index contributed by atoms with van der Waals surface area (Å²) in [6.45, 7) is 4.30. The third-order valence-electron chi connectivity index (χ3n) is 3.56. The predicted octanol–water partition coefficient (Wildman–Crippen LogP) is 6.56. The molecule has 21 heavy (non-hydrogen) atoms. The van der Waals surface area contributed by atoms with Crippen LogP contribution in [0, 0.1) is 0 Å². The molecule has 0 spiro atoms. The highest BCUT2D eigenvalue weighted by molar-refractivity contribution is 9.10. The van der Waals surface area contributed by atoms with E-state index < -0.39 is 0 Å². The summed E-state index contributed by atoms with van der Waals surface area (Å²) in [5.74, 6) is 0. The Morgan fingerprint density at radius 3 is 2.33 bits per heavy atom. The van der Waals surface area contributed by atoms with Crippen molar-refractivity contribution in [1.82, 2.24) is 5.32 Å². The highest BCUT2D eigenvalue weighted by Crippen LogP contribution is 2.29. The second-order valence-corrected chi connectivity index (χ2v) is 6.83. The summed E-state index contributed by atoms with van der Waals surface area (Å²) >= 11 is 15.7. The van der Waals surface area contributed by atoms with E-state index in [2.05, 4.69) is 53.3 Å². The molecular formula is C17H18BrCl2N. The van der Waals surface area contributed by atoms with Crippen molar-refractivity contribution in [2.24, 2.45) is 0 Å². The van der Waals surface area contributed by atoms with E-state index in [0.717, 1.165) is 26.5 Å². The van der Waals surface area contributed by atoms with E-state index in [4.69, 9.17) is 23.2 Å². The zero-order chi connectivity index (χ0) is 15.4. The van der Waals surface area contributed by atoms with E-state index in [-0.39, 0.29) is 12.1 Å². The minimum atomic E-state index is 0.172. The Balaban J connectivity index is 2.15. The topological polar surface area (TPSA) is 12.0 Å². The second-order valence-electron chi connectivity index (χ2n) is 5.07. The first-order valence-electron chi connectivity index (χ1n) is 6.97. The van der Waals surface area contributed by atoms with Crippen molar-refractivity contribution in [3.05, 3.63) is 68.1 Å². The first kappa shape index (κ1) is 16.8. The molecular weight excluding hydrogens is 369 g/mol. The maximum absolute atomic E-state index is 6.33. The van der Waals surface area contributed by atoms with E-state index in [1.807, 2.05) is 24.3 Å². The summed E-state index contributed by atoms with van der Waals surface area (Å²) < 4.78 is 0.994. The lowest BCUT2D eigenvalue weighted by molar-refractivity contribution is 0.456. The lowest BCUT2D eigenvalue weighted by Crippen LogP contribution is -2.24. The van der Waals surface area contributed by atoms with Gasteiger partial charge in [0.2, 0.25) is 0 Å². The van der Waals surface area contributed by atoms with Crippen LogP contribution in [0.3, 0.4) is 0 Å². The molecule has 0 fully saturated rings. The minimum Gasteiger partial charge on any atom is -0.303 e. The molecule has 2 aromatic rings. The molecule has 0 bridgehead atoms. The van der Waals surface area contributed by atoms with Crippen molar-refractivity contribution in [1.29, 1.82) is 0 Å². The third kappa shape index (κ3) is 4.46. The summed E-state index contributed by atoms with van der Waals surface area (Å²) in [6.07, 6.45) is 1.00. The van der Waals surface area contributed by atoms with Crippen LogP contribution in [-0.2, 0) is 0 Å². The summed E-state index contributed by atoms with van der Waals surface area (Å²) in [4.78, 5) is 0. The molecule has 2 rings (SSSR count). The Morgan fingerprint density at radius 1 is 1.10 bits per heavy atom. The lowest BCUT2D eigenvalue weighted by Gasteiger charge is -2.24. The van der Waals surface area contributed by atoms with Crippen LogP contribution in [0.2, 0.25) is 10.0 Å². The number of benzene rings is 2. The Bertz CT molecular complexity index is 598. The van der Waals surface area contributed by atoms with E-state index in [9.17, 15) is 0 Å². The molecule has 2 unspecified atom stereocenters. The summed E-state index contributed by atoms with van der Waals surface area (Å²) in [5.41, 5.74) is 2.34. The highest BCUT2D eigenvalue weighted by Gasteiger charge is 2.15. The highest BCUT2D eigenvalue weighted by atomic mass is 79.9. The van der Waals surface area contributed by atoms with Gasteiger partial charge in [-0.25, -0.2) is 0 Å². The average molecular weight is 387 g/mol. The molecule has 0 radical (unpaired) electrons. The maximum atomic E-state index is 6.33. The van der Waals surface area contributed by atoms with Gasteiger partial charge in [-0.15, -0.1) is 0 Å². The molecule has 112 valence electrons. The summed E-state index contributed by atoms with van der Waals surface area (Å²) in [5, 5.41) is 5.17. The van der Waals surface area contributed by atoms with Crippen molar-refractivity contribution < 1.29 is 0 Å². The number of hydrogen-bond donors (Lipinski definition) is 1. The van der Waals surface area contributed by atoms with Crippen LogP contribution in [0.25, 0.3) is 0 Å². The molecule has 0 amide bonds. The van der Waals surface area contributed by atoms with Gasteiger partial charge < -0.3 is 5.32 Å². The Morgan fingerprint density at radius 2 is 1.76 bits per heavy atom. The zero-order valence-electron chi connectivity index (χ0n) is 12.0. The molecule has 0 heterocycles. The van der Waals surface area contributed by atoms with Gasteiger partial charge in [-0.1, -0.05) is 64.3 Å². The van der Waals surface area contributed by atoms with Crippen LogP contribution >= 0.6 is 39.1 Å². The summed E-state index contributed by atoms with van der Waals surface area (Å²) in [7, 11) is 0. The van der Waals surface area contributed by atoms with Crippen LogP contribution in [0.5, 0.6) is 0 Å². The molecule has 4 heteroatoms. The molecule has 1 nitrogen and oxygen atoms in total. The molecule has 0 aliphatic heterocycles. The minimum absolute atomic E-state index is 0.172. The monoisotopic (exact) mass is 385 g/mol.